The largest absolute Gasteiger partial charge is 0.488 e. The predicted octanol–water partition coefficient (Wildman–Crippen LogP) is 4.25. The number of carbonyl (C=O) groups excluding carboxylic acids is 1. The van der Waals surface area contributed by atoms with E-state index in [0.717, 1.165) is 10.0 Å². The molecule has 20 heavy (non-hydrogen) atoms. The highest BCUT2D eigenvalue weighted by molar-refractivity contribution is 9.10. The second-order valence-electron chi connectivity index (χ2n) is 4.48. The van der Waals surface area contributed by atoms with Gasteiger partial charge in [0.1, 0.15) is 18.2 Å². The lowest BCUT2D eigenvalue weighted by Crippen LogP contribution is -2.18. The smallest absolute Gasteiger partial charge is 0.196 e. The number of hydrogen-bond acceptors (Lipinski definition) is 2. The van der Waals surface area contributed by atoms with Crippen LogP contribution in [0, 0.1) is 5.82 Å². The van der Waals surface area contributed by atoms with Crippen LogP contribution in [0.5, 0.6) is 5.75 Å². The Hall–Kier alpha value is -1.94. The summed E-state index contributed by atoms with van der Waals surface area (Å²) in [5.41, 5.74) is 1.87. The van der Waals surface area contributed by atoms with Gasteiger partial charge < -0.3 is 4.74 Å². The van der Waals surface area contributed by atoms with Gasteiger partial charge in [-0.2, -0.15) is 0 Å². The van der Waals surface area contributed by atoms with E-state index in [0.29, 0.717) is 16.9 Å². The highest BCUT2D eigenvalue weighted by Gasteiger charge is 2.23. The number of fused-ring (bicyclic) bond motifs is 1. The van der Waals surface area contributed by atoms with E-state index in [9.17, 15) is 9.18 Å². The minimum atomic E-state index is -0.298. The first-order valence-electron chi connectivity index (χ1n) is 6.07. The first-order chi connectivity index (χ1) is 9.63. The van der Waals surface area contributed by atoms with Crippen molar-refractivity contribution in [2.24, 2.45) is 0 Å². The summed E-state index contributed by atoms with van der Waals surface area (Å²) < 4.78 is 19.3. The molecule has 0 amide bonds. The zero-order valence-corrected chi connectivity index (χ0v) is 12.0. The fraction of sp³-hybridized carbons (Fsp3) is 0.0625. The van der Waals surface area contributed by atoms with Gasteiger partial charge >= 0.3 is 0 Å². The number of Topliss-reactive ketones (excluding diaryl/α,β-unsaturated/α-hetero) is 1. The van der Waals surface area contributed by atoms with E-state index >= 15 is 0 Å². The van der Waals surface area contributed by atoms with Crippen molar-refractivity contribution in [2.75, 3.05) is 6.61 Å². The third-order valence-corrected chi connectivity index (χ3v) is 3.57. The van der Waals surface area contributed by atoms with Gasteiger partial charge in [0.15, 0.2) is 5.78 Å². The number of ketones is 1. The highest BCUT2D eigenvalue weighted by Crippen LogP contribution is 2.30. The van der Waals surface area contributed by atoms with Gasteiger partial charge in [-0.05, 0) is 42.0 Å². The quantitative estimate of drug-likeness (QED) is 0.730. The van der Waals surface area contributed by atoms with E-state index < -0.39 is 0 Å². The molecule has 0 saturated heterocycles. The van der Waals surface area contributed by atoms with E-state index in [1.165, 1.54) is 12.1 Å². The molecular formula is C16H10BrFO2. The second-order valence-corrected chi connectivity index (χ2v) is 5.40. The molecular weight excluding hydrogens is 323 g/mol. The zero-order valence-electron chi connectivity index (χ0n) is 10.4. The van der Waals surface area contributed by atoms with Gasteiger partial charge in [-0.15, -0.1) is 0 Å². The van der Waals surface area contributed by atoms with Crippen LogP contribution in [0.2, 0.25) is 0 Å². The van der Waals surface area contributed by atoms with Crippen molar-refractivity contribution in [2.45, 2.75) is 0 Å². The summed E-state index contributed by atoms with van der Waals surface area (Å²) in [4.78, 5) is 12.4. The molecule has 0 aliphatic carbocycles. The molecule has 2 nitrogen and oxygen atoms in total. The van der Waals surface area contributed by atoms with Gasteiger partial charge in [0, 0.05) is 10.0 Å². The summed E-state index contributed by atoms with van der Waals surface area (Å²) in [6.45, 7) is 0.227. The SMILES string of the molecule is O=C1/C(=C/c2ccc(F)cc2)COc2ccc(Br)cc21. The van der Waals surface area contributed by atoms with Crippen molar-refractivity contribution in [1.82, 2.24) is 0 Å². The van der Waals surface area contributed by atoms with Crippen molar-refractivity contribution >= 4 is 27.8 Å². The number of benzene rings is 2. The summed E-state index contributed by atoms with van der Waals surface area (Å²) in [6, 6.07) is 11.3. The molecule has 0 aromatic heterocycles. The molecule has 2 aromatic carbocycles. The maximum Gasteiger partial charge on any atom is 0.196 e. The van der Waals surface area contributed by atoms with Crippen molar-refractivity contribution < 1.29 is 13.9 Å². The number of hydrogen-bond donors (Lipinski definition) is 0. The average molecular weight is 333 g/mol. The maximum absolute atomic E-state index is 12.9. The summed E-state index contributed by atoms with van der Waals surface area (Å²) in [6.07, 6.45) is 1.73. The minimum absolute atomic E-state index is 0.0584. The molecule has 0 radical (unpaired) electrons. The van der Waals surface area contributed by atoms with Gasteiger partial charge in [0.2, 0.25) is 0 Å². The maximum atomic E-state index is 12.9. The Morgan fingerprint density at radius 2 is 1.90 bits per heavy atom. The molecule has 0 atom stereocenters. The molecule has 0 spiro atoms. The number of rotatable bonds is 1. The fourth-order valence-corrected chi connectivity index (χ4v) is 2.43. The Morgan fingerprint density at radius 3 is 2.65 bits per heavy atom. The van der Waals surface area contributed by atoms with Gasteiger partial charge in [-0.3, -0.25) is 4.79 Å². The molecule has 0 bridgehead atoms. The van der Waals surface area contributed by atoms with Crippen LogP contribution in [-0.2, 0) is 0 Å². The van der Waals surface area contributed by atoms with Crippen molar-refractivity contribution in [3.05, 3.63) is 69.5 Å². The summed E-state index contributed by atoms with van der Waals surface area (Å²) >= 11 is 3.34. The van der Waals surface area contributed by atoms with E-state index in [2.05, 4.69) is 15.9 Å². The molecule has 3 rings (SSSR count). The molecule has 0 unspecified atom stereocenters. The molecule has 2 aromatic rings. The standard InChI is InChI=1S/C16H10BrFO2/c17-12-3-6-15-14(8-12)16(19)11(9-20-15)7-10-1-4-13(18)5-2-10/h1-8H,9H2/b11-7+. The van der Waals surface area contributed by atoms with Crippen molar-refractivity contribution in [1.29, 1.82) is 0 Å². The molecule has 100 valence electrons. The van der Waals surface area contributed by atoms with Gasteiger partial charge in [-0.25, -0.2) is 4.39 Å². The Balaban J connectivity index is 1.97. The van der Waals surface area contributed by atoms with Crippen LogP contribution < -0.4 is 4.74 Å². The number of halogens is 2. The van der Waals surface area contributed by atoms with E-state index in [-0.39, 0.29) is 18.2 Å². The average Bonchev–Trinajstić information content (AvgIpc) is 2.45. The third kappa shape index (κ3) is 2.51. The van der Waals surface area contributed by atoms with E-state index in [1.807, 2.05) is 6.07 Å². The Morgan fingerprint density at radius 1 is 1.15 bits per heavy atom. The van der Waals surface area contributed by atoms with Gasteiger partial charge in [0.05, 0.1) is 5.56 Å². The van der Waals surface area contributed by atoms with Crippen LogP contribution in [0.15, 0.2) is 52.5 Å². The predicted molar refractivity (Wildman–Crippen MR) is 78.3 cm³/mol. The van der Waals surface area contributed by atoms with Crippen LogP contribution in [0.3, 0.4) is 0 Å². The Bertz CT molecular complexity index is 705. The normalized spacial score (nSPS) is 15.9. The molecule has 1 aliphatic rings. The molecule has 0 saturated carbocycles. The van der Waals surface area contributed by atoms with Crippen molar-refractivity contribution in [3.63, 3.8) is 0 Å². The summed E-state index contributed by atoms with van der Waals surface area (Å²) in [7, 11) is 0. The molecule has 0 fully saturated rings. The van der Waals surface area contributed by atoms with Crippen LogP contribution in [0.25, 0.3) is 6.08 Å². The Kier molecular flexibility index (Phi) is 3.40. The topological polar surface area (TPSA) is 26.3 Å². The van der Waals surface area contributed by atoms with Gasteiger partial charge in [0.25, 0.3) is 0 Å². The third-order valence-electron chi connectivity index (χ3n) is 3.07. The lowest BCUT2D eigenvalue weighted by molar-refractivity contribution is 0.100. The monoisotopic (exact) mass is 332 g/mol. The van der Waals surface area contributed by atoms with Crippen LogP contribution >= 0.6 is 15.9 Å². The lowest BCUT2D eigenvalue weighted by atomic mass is 9.98. The van der Waals surface area contributed by atoms with Crippen LogP contribution in [0.4, 0.5) is 4.39 Å². The van der Waals surface area contributed by atoms with E-state index in [4.69, 9.17) is 4.74 Å². The molecule has 0 N–H and O–H groups in total. The highest BCUT2D eigenvalue weighted by atomic mass is 79.9. The van der Waals surface area contributed by atoms with E-state index in [1.54, 1.807) is 30.3 Å². The van der Waals surface area contributed by atoms with Crippen LogP contribution in [-0.4, -0.2) is 12.4 Å². The zero-order chi connectivity index (χ0) is 14.1. The summed E-state index contributed by atoms with van der Waals surface area (Å²) in [5, 5.41) is 0. The molecule has 4 heteroatoms. The first kappa shape index (κ1) is 13.1. The summed E-state index contributed by atoms with van der Waals surface area (Å²) in [5.74, 6) is 0.235. The molecule has 1 aliphatic heterocycles. The van der Waals surface area contributed by atoms with Crippen LogP contribution in [0.1, 0.15) is 15.9 Å². The van der Waals surface area contributed by atoms with Gasteiger partial charge in [-0.1, -0.05) is 28.1 Å². The second kappa shape index (κ2) is 5.21. The number of ether oxygens (including phenoxy) is 1. The van der Waals surface area contributed by atoms with Crippen molar-refractivity contribution in [3.8, 4) is 5.75 Å². The lowest BCUT2D eigenvalue weighted by Gasteiger charge is -2.19. The molecule has 1 heterocycles. The minimum Gasteiger partial charge on any atom is -0.488 e. The number of carbonyl (C=O) groups is 1. The Labute approximate surface area is 124 Å². The first-order valence-corrected chi connectivity index (χ1v) is 6.86. The fourth-order valence-electron chi connectivity index (χ4n) is 2.07.